The molecule has 0 atom stereocenters. The van der Waals surface area contributed by atoms with Gasteiger partial charge in [-0.1, -0.05) is 146 Å². The van der Waals surface area contributed by atoms with Crippen LogP contribution in [0.15, 0.2) is 205 Å². The van der Waals surface area contributed by atoms with E-state index >= 15 is 0 Å². The molecule has 9 aromatic carbocycles. The van der Waals surface area contributed by atoms with Crippen LogP contribution in [0.4, 0.5) is 17.1 Å². The predicted molar refractivity (Wildman–Crippen MR) is 220 cm³/mol. The summed E-state index contributed by atoms with van der Waals surface area (Å²) >= 11 is 0. The molecular weight excluding hydrogens is 631 g/mol. The zero-order valence-corrected chi connectivity index (χ0v) is 28.4. The first kappa shape index (κ1) is 30.0. The lowest BCUT2D eigenvalue weighted by Crippen LogP contribution is -2.09. The number of hydrogen-bond acceptors (Lipinski definition) is 2. The molecule has 10 aromatic rings. The molecule has 52 heavy (non-hydrogen) atoms. The maximum atomic E-state index is 6.46. The Morgan fingerprint density at radius 2 is 0.885 bits per heavy atom. The number of nitrogens with zero attached hydrogens (tertiary/aromatic N) is 1. The Bertz CT molecular complexity index is 2870. The van der Waals surface area contributed by atoms with Gasteiger partial charge in [0.15, 0.2) is 0 Å². The van der Waals surface area contributed by atoms with Gasteiger partial charge in [0.2, 0.25) is 0 Å². The van der Waals surface area contributed by atoms with Crippen molar-refractivity contribution in [2.45, 2.75) is 0 Å². The zero-order chi connectivity index (χ0) is 34.4. The fourth-order valence-electron chi connectivity index (χ4n) is 7.67. The highest BCUT2D eigenvalue weighted by Crippen LogP contribution is 2.43. The molecule has 0 aliphatic carbocycles. The second-order valence-corrected chi connectivity index (χ2v) is 13.3. The largest absolute Gasteiger partial charge is 0.456 e. The van der Waals surface area contributed by atoms with Crippen molar-refractivity contribution in [2.24, 2.45) is 0 Å². The van der Waals surface area contributed by atoms with Crippen LogP contribution in [-0.4, -0.2) is 0 Å². The number of benzene rings is 9. The monoisotopic (exact) mass is 663 g/mol. The number of rotatable bonds is 6. The third-order valence-electron chi connectivity index (χ3n) is 10.2. The van der Waals surface area contributed by atoms with E-state index in [-0.39, 0.29) is 0 Å². The summed E-state index contributed by atoms with van der Waals surface area (Å²) in [4.78, 5) is 2.33. The third kappa shape index (κ3) is 5.21. The predicted octanol–water partition coefficient (Wildman–Crippen LogP) is 14.4. The minimum absolute atomic E-state index is 0.905. The second-order valence-electron chi connectivity index (χ2n) is 13.3. The van der Waals surface area contributed by atoms with Crippen molar-refractivity contribution >= 4 is 60.5 Å². The van der Waals surface area contributed by atoms with E-state index in [1.54, 1.807) is 0 Å². The van der Waals surface area contributed by atoms with Crippen LogP contribution in [0.1, 0.15) is 0 Å². The van der Waals surface area contributed by atoms with Crippen molar-refractivity contribution in [2.75, 3.05) is 4.90 Å². The Balaban J connectivity index is 1.10. The first-order valence-electron chi connectivity index (χ1n) is 17.8. The normalized spacial score (nSPS) is 11.5. The molecule has 0 aliphatic rings. The lowest BCUT2D eigenvalue weighted by atomic mass is 9.91. The average molecular weight is 664 g/mol. The van der Waals surface area contributed by atoms with Crippen molar-refractivity contribution in [3.05, 3.63) is 200 Å². The molecule has 0 aliphatic heterocycles. The van der Waals surface area contributed by atoms with Gasteiger partial charge >= 0.3 is 0 Å². The lowest BCUT2D eigenvalue weighted by molar-refractivity contribution is 0.669. The maximum Gasteiger partial charge on any atom is 0.136 e. The van der Waals surface area contributed by atoms with Gasteiger partial charge in [-0.3, -0.25) is 0 Å². The highest BCUT2D eigenvalue weighted by Gasteiger charge is 2.17. The van der Waals surface area contributed by atoms with Crippen LogP contribution in [-0.2, 0) is 0 Å². The van der Waals surface area contributed by atoms with E-state index < -0.39 is 0 Å². The first-order chi connectivity index (χ1) is 25.8. The number of para-hydroxylation sites is 2. The molecule has 0 amide bonds. The van der Waals surface area contributed by atoms with E-state index in [2.05, 4.69) is 199 Å². The van der Waals surface area contributed by atoms with Gasteiger partial charge < -0.3 is 9.32 Å². The van der Waals surface area contributed by atoms with E-state index in [1.165, 1.54) is 43.8 Å². The standard InChI is InChI=1S/C50H33NO/c1-3-11-34(12-4-1)36-19-21-38(22-20-36)46-33-49-50(45-17-9-10-18-48(45)52-49)44-30-26-40(32-47(44)46)37-23-27-42(28-24-37)51(41-15-5-2-6-16-41)43-29-25-35-13-7-8-14-39(35)31-43/h1-33H. The fourth-order valence-corrected chi connectivity index (χ4v) is 7.67. The molecule has 1 heterocycles. The lowest BCUT2D eigenvalue weighted by Gasteiger charge is -2.26. The van der Waals surface area contributed by atoms with E-state index in [1.807, 2.05) is 6.07 Å². The van der Waals surface area contributed by atoms with Gasteiger partial charge in [-0.2, -0.15) is 0 Å². The molecule has 244 valence electrons. The molecule has 0 radical (unpaired) electrons. The SMILES string of the molecule is c1ccc(-c2ccc(-c3cc4oc5ccccc5c4c4ccc(-c5ccc(N(c6ccccc6)c6ccc7ccccc7c6)cc5)cc34)cc2)cc1. The van der Waals surface area contributed by atoms with Crippen molar-refractivity contribution in [3.63, 3.8) is 0 Å². The Hall–Kier alpha value is -6.90. The summed E-state index contributed by atoms with van der Waals surface area (Å²) in [6.45, 7) is 0. The van der Waals surface area contributed by atoms with Crippen molar-refractivity contribution in [1.29, 1.82) is 0 Å². The summed E-state index contributed by atoms with van der Waals surface area (Å²) in [6.07, 6.45) is 0. The molecule has 0 bridgehead atoms. The Kier molecular flexibility index (Phi) is 7.18. The number of hydrogen-bond donors (Lipinski definition) is 0. The summed E-state index contributed by atoms with van der Waals surface area (Å²) in [5.74, 6) is 0. The number of furan rings is 1. The Morgan fingerprint density at radius 3 is 1.69 bits per heavy atom. The molecule has 0 N–H and O–H groups in total. The van der Waals surface area contributed by atoms with Crippen LogP contribution < -0.4 is 4.90 Å². The van der Waals surface area contributed by atoms with Gasteiger partial charge in [-0.05, 0) is 110 Å². The van der Waals surface area contributed by atoms with Crippen molar-refractivity contribution < 1.29 is 4.42 Å². The first-order valence-corrected chi connectivity index (χ1v) is 17.8. The van der Waals surface area contributed by atoms with Gasteiger partial charge in [0.1, 0.15) is 11.2 Å². The Morgan fingerprint density at radius 1 is 0.308 bits per heavy atom. The van der Waals surface area contributed by atoms with E-state index in [4.69, 9.17) is 4.42 Å². The third-order valence-corrected chi connectivity index (χ3v) is 10.2. The Labute approximate surface area is 302 Å². The molecule has 1 aromatic heterocycles. The molecule has 0 fully saturated rings. The average Bonchev–Trinajstić information content (AvgIpc) is 3.60. The highest BCUT2D eigenvalue weighted by atomic mass is 16.3. The van der Waals surface area contributed by atoms with Crippen LogP contribution in [0, 0.1) is 0 Å². The number of fused-ring (bicyclic) bond motifs is 6. The molecule has 0 saturated carbocycles. The molecule has 0 spiro atoms. The van der Waals surface area contributed by atoms with Gasteiger partial charge in [-0.15, -0.1) is 0 Å². The highest BCUT2D eigenvalue weighted by molar-refractivity contribution is 6.22. The van der Waals surface area contributed by atoms with Crippen molar-refractivity contribution in [1.82, 2.24) is 0 Å². The summed E-state index contributed by atoms with van der Waals surface area (Å²) < 4.78 is 6.46. The number of anilines is 3. The zero-order valence-electron chi connectivity index (χ0n) is 28.4. The van der Waals surface area contributed by atoms with Crippen LogP contribution in [0.5, 0.6) is 0 Å². The summed E-state index contributed by atoms with van der Waals surface area (Å²) in [5, 5.41) is 7.15. The molecular formula is C50H33NO. The van der Waals surface area contributed by atoms with E-state index in [0.29, 0.717) is 0 Å². The van der Waals surface area contributed by atoms with E-state index in [0.717, 1.165) is 50.1 Å². The molecule has 10 rings (SSSR count). The molecule has 0 unspecified atom stereocenters. The molecule has 2 heteroatoms. The van der Waals surface area contributed by atoms with Crippen molar-refractivity contribution in [3.8, 4) is 33.4 Å². The van der Waals surface area contributed by atoms with Crippen LogP contribution in [0.3, 0.4) is 0 Å². The van der Waals surface area contributed by atoms with Gasteiger partial charge in [-0.25, -0.2) is 0 Å². The minimum atomic E-state index is 0.905. The van der Waals surface area contributed by atoms with Crippen LogP contribution in [0.2, 0.25) is 0 Å². The maximum absolute atomic E-state index is 6.46. The summed E-state index contributed by atoms with van der Waals surface area (Å²) in [5.41, 5.74) is 12.2. The fraction of sp³-hybridized carbons (Fsp3) is 0. The van der Waals surface area contributed by atoms with Crippen LogP contribution in [0.25, 0.3) is 76.9 Å². The van der Waals surface area contributed by atoms with Gasteiger partial charge in [0.25, 0.3) is 0 Å². The van der Waals surface area contributed by atoms with Gasteiger partial charge in [0.05, 0.1) is 0 Å². The smallest absolute Gasteiger partial charge is 0.136 e. The molecule has 0 saturated heterocycles. The van der Waals surface area contributed by atoms with E-state index in [9.17, 15) is 0 Å². The summed E-state index contributed by atoms with van der Waals surface area (Å²) in [7, 11) is 0. The summed E-state index contributed by atoms with van der Waals surface area (Å²) in [6, 6.07) is 71.7. The van der Waals surface area contributed by atoms with Crippen LogP contribution >= 0.6 is 0 Å². The quantitative estimate of drug-likeness (QED) is 0.176. The topological polar surface area (TPSA) is 16.4 Å². The molecule has 2 nitrogen and oxygen atoms in total. The minimum Gasteiger partial charge on any atom is -0.456 e. The second kappa shape index (κ2) is 12.5. The van der Waals surface area contributed by atoms with Gasteiger partial charge in [0, 0.05) is 27.8 Å².